The zero-order valence-corrected chi connectivity index (χ0v) is 15.3. The summed E-state index contributed by atoms with van der Waals surface area (Å²) in [6, 6.07) is 13.2. The number of anilines is 1. The molecule has 6 heteroatoms. The Bertz CT molecular complexity index is 812. The summed E-state index contributed by atoms with van der Waals surface area (Å²) < 4.78 is 21.9. The first kappa shape index (κ1) is 17.7. The zero-order chi connectivity index (χ0) is 18.7. The largest absolute Gasteiger partial charge is 0.497 e. The fourth-order valence-electron chi connectivity index (χ4n) is 3.65. The molecule has 6 nitrogen and oxygen atoms in total. The Morgan fingerprint density at radius 1 is 0.963 bits per heavy atom. The summed E-state index contributed by atoms with van der Waals surface area (Å²) in [4.78, 5) is 13.3. The van der Waals surface area contributed by atoms with Crippen molar-refractivity contribution in [1.82, 2.24) is 0 Å². The van der Waals surface area contributed by atoms with Crippen LogP contribution in [0.4, 0.5) is 5.69 Å². The third-order valence-corrected chi connectivity index (χ3v) is 5.22. The van der Waals surface area contributed by atoms with Gasteiger partial charge in [-0.3, -0.25) is 4.79 Å². The van der Waals surface area contributed by atoms with E-state index in [9.17, 15) is 4.79 Å². The number of amides is 1. The van der Waals surface area contributed by atoms with Crippen molar-refractivity contribution in [2.24, 2.45) is 0 Å². The molecule has 0 aromatic heterocycles. The Labute approximate surface area is 158 Å². The lowest BCUT2D eigenvalue weighted by Gasteiger charge is -2.36. The van der Waals surface area contributed by atoms with Crippen LogP contribution >= 0.6 is 0 Å². The highest BCUT2D eigenvalue weighted by molar-refractivity contribution is 5.99. The lowest BCUT2D eigenvalue weighted by Crippen LogP contribution is -2.44. The van der Waals surface area contributed by atoms with Gasteiger partial charge in [0.15, 0.2) is 11.5 Å². The van der Waals surface area contributed by atoms with Crippen LogP contribution in [-0.2, 0) is 14.9 Å². The number of carbonyl (C=O) groups excluding carboxylic acids is 1. The van der Waals surface area contributed by atoms with E-state index in [1.807, 2.05) is 42.5 Å². The van der Waals surface area contributed by atoms with Crippen molar-refractivity contribution >= 4 is 11.6 Å². The molecule has 0 unspecified atom stereocenters. The fraction of sp³-hybridized carbons (Fsp3) is 0.381. The summed E-state index contributed by atoms with van der Waals surface area (Å²) in [6.45, 7) is 2.16. The number of ether oxygens (including phenoxy) is 4. The van der Waals surface area contributed by atoms with Crippen molar-refractivity contribution in [2.45, 2.75) is 18.3 Å². The summed E-state index contributed by atoms with van der Waals surface area (Å²) in [6.07, 6.45) is 1.27. The number of methoxy groups -OCH3 is 1. The van der Waals surface area contributed by atoms with E-state index in [2.05, 4.69) is 5.32 Å². The standard InChI is InChI=1S/C21H23NO5/c1-24-17-5-2-15(3-6-17)21(8-10-25-11-9-21)20(23)22-16-4-7-18-19(14-16)27-13-12-26-18/h2-7,14H,8-13H2,1H3,(H,22,23). The minimum atomic E-state index is -0.627. The summed E-state index contributed by atoms with van der Waals surface area (Å²) in [5.41, 5.74) is 1.04. The SMILES string of the molecule is COc1ccc(C2(C(=O)Nc3ccc4c(c3)OCCO4)CCOCC2)cc1. The van der Waals surface area contributed by atoms with E-state index < -0.39 is 5.41 Å². The van der Waals surface area contributed by atoms with Crippen molar-refractivity contribution in [2.75, 3.05) is 38.9 Å². The van der Waals surface area contributed by atoms with Gasteiger partial charge in [-0.15, -0.1) is 0 Å². The molecule has 27 heavy (non-hydrogen) atoms. The Morgan fingerprint density at radius 2 is 1.67 bits per heavy atom. The minimum absolute atomic E-state index is 0.0346. The second-order valence-electron chi connectivity index (χ2n) is 6.74. The van der Waals surface area contributed by atoms with Gasteiger partial charge in [0, 0.05) is 25.0 Å². The molecule has 142 valence electrons. The molecule has 0 bridgehead atoms. The maximum absolute atomic E-state index is 13.3. The number of hydrogen-bond acceptors (Lipinski definition) is 5. The summed E-state index contributed by atoms with van der Waals surface area (Å²) in [7, 11) is 1.63. The highest BCUT2D eigenvalue weighted by atomic mass is 16.6. The summed E-state index contributed by atoms with van der Waals surface area (Å²) >= 11 is 0. The third kappa shape index (κ3) is 3.45. The Balaban J connectivity index is 1.61. The molecule has 0 spiro atoms. The van der Waals surface area contributed by atoms with Gasteiger partial charge in [0.05, 0.1) is 12.5 Å². The number of fused-ring (bicyclic) bond motifs is 1. The van der Waals surface area contributed by atoms with Gasteiger partial charge < -0.3 is 24.3 Å². The number of benzene rings is 2. The van der Waals surface area contributed by atoms with Gasteiger partial charge in [0.1, 0.15) is 19.0 Å². The van der Waals surface area contributed by atoms with Gasteiger partial charge in [-0.2, -0.15) is 0 Å². The molecule has 2 aliphatic heterocycles. The Kier molecular flexibility index (Phi) is 4.90. The highest BCUT2D eigenvalue weighted by Gasteiger charge is 2.41. The van der Waals surface area contributed by atoms with Crippen LogP contribution in [0.15, 0.2) is 42.5 Å². The molecule has 0 aliphatic carbocycles. The normalized spacial score (nSPS) is 17.8. The number of rotatable bonds is 4. The first-order chi connectivity index (χ1) is 13.2. The molecule has 4 rings (SSSR count). The van der Waals surface area contributed by atoms with Crippen LogP contribution in [-0.4, -0.2) is 39.4 Å². The summed E-state index contributed by atoms with van der Waals surface area (Å²) in [5.74, 6) is 2.10. The van der Waals surface area contributed by atoms with Crippen LogP contribution in [0.5, 0.6) is 17.2 Å². The molecular formula is C21H23NO5. The van der Waals surface area contributed by atoms with E-state index in [0.29, 0.717) is 56.5 Å². The maximum Gasteiger partial charge on any atom is 0.235 e. The van der Waals surface area contributed by atoms with Gasteiger partial charge in [-0.05, 0) is 42.7 Å². The van der Waals surface area contributed by atoms with Gasteiger partial charge in [-0.25, -0.2) is 0 Å². The summed E-state index contributed by atoms with van der Waals surface area (Å²) in [5, 5.41) is 3.07. The minimum Gasteiger partial charge on any atom is -0.497 e. The number of hydrogen-bond donors (Lipinski definition) is 1. The van der Waals surface area contributed by atoms with E-state index in [4.69, 9.17) is 18.9 Å². The van der Waals surface area contributed by atoms with Crippen molar-refractivity contribution in [1.29, 1.82) is 0 Å². The monoisotopic (exact) mass is 369 g/mol. The van der Waals surface area contributed by atoms with Gasteiger partial charge in [0.2, 0.25) is 5.91 Å². The van der Waals surface area contributed by atoms with Crippen LogP contribution in [0.25, 0.3) is 0 Å². The zero-order valence-electron chi connectivity index (χ0n) is 15.3. The van der Waals surface area contributed by atoms with E-state index in [1.54, 1.807) is 7.11 Å². The van der Waals surface area contributed by atoms with E-state index in [0.717, 1.165) is 11.3 Å². The highest BCUT2D eigenvalue weighted by Crippen LogP contribution is 2.38. The van der Waals surface area contributed by atoms with Crippen LogP contribution in [0, 0.1) is 0 Å². The lowest BCUT2D eigenvalue weighted by molar-refractivity contribution is -0.125. The molecule has 1 N–H and O–H groups in total. The molecule has 2 aromatic rings. The molecule has 2 heterocycles. The topological polar surface area (TPSA) is 66.0 Å². The van der Waals surface area contributed by atoms with Crippen molar-refractivity contribution in [3.63, 3.8) is 0 Å². The van der Waals surface area contributed by atoms with Crippen LogP contribution in [0.3, 0.4) is 0 Å². The average Bonchev–Trinajstić information content (AvgIpc) is 2.74. The second kappa shape index (κ2) is 7.48. The smallest absolute Gasteiger partial charge is 0.235 e. The first-order valence-corrected chi connectivity index (χ1v) is 9.15. The van der Waals surface area contributed by atoms with Crippen LogP contribution in [0.2, 0.25) is 0 Å². The van der Waals surface area contributed by atoms with Crippen LogP contribution in [0.1, 0.15) is 18.4 Å². The molecule has 2 aromatic carbocycles. The second-order valence-corrected chi connectivity index (χ2v) is 6.74. The van der Waals surface area contributed by atoms with Gasteiger partial charge in [0.25, 0.3) is 0 Å². The Morgan fingerprint density at radius 3 is 2.37 bits per heavy atom. The fourth-order valence-corrected chi connectivity index (χ4v) is 3.65. The molecule has 2 aliphatic rings. The predicted molar refractivity (Wildman–Crippen MR) is 101 cm³/mol. The van der Waals surface area contributed by atoms with E-state index in [1.165, 1.54) is 0 Å². The van der Waals surface area contributed by atoms with Crippen molar-refractivity contribution < 1.29 is 23.7 Å². The van der Waals surface area contributed by atoms with Crippen molar-refractivity contribution in [3.05, 3.63) is 48.0 Å². The van der Waals surface area contributed by atoms with E-state index >= 15 is 0 Å². The molecule has 0 atom stereocenters. The van der Waals surface area contributed by atoms with Crippen LogP contribution < -0.4 is 19.5 Å². The quantitative estimate of drug-likeness (QED) is 0.897. The van der Waals surface area contributed by atoms with Gasteiger partial charge >= 0.3 is 0 Å². The van der Waals surface area contributed by atoms with Crippen molar-refractivity contribution in [3.8, 4) is 17.2 Å². The molecule has 1 saturated heterocycles. The molecule has 0 saturated carbocycles. The predicted octanol–water partition coefficient (Wildman–Crippen LogP) is 3.15. The maximum atomic E-state index is 13.3. The number of carbonyl (C=O) groups is 1. The molecule has 1 amide bonds. The number of nitrogens with one attached hydrogen (secondary N) is 1. The third-order valence-electron chi connectivity index (χ3n) is 5.22. The first-order valence-electron chi connectivity index (χ1n) is 9.15. The molecular weight excluding hydrogens is 346 g/mol. The molecule has 0 radical (unpaired) electrons. The van der Waals surface area contributed by atoms with E-state index in [-0.39, 0.29) is 5.91 Å². The Hall–Kier alpha value is -2.73. The average molecular weight is 369 g/mol. The lowest BCUT2D eigenvalue weighted by atomic mass is 9.73. The van der Waals surface area contributed by atoms with Gasteiger partial charge in [-0.1, -0.05) is 12.1 Å². The molecule has 1 fully saturated rings.